The molecule has 4 amide bonds. The molecule has 1 rings (SSSR count). The van der Waals surface area contributed by atoms with Gasteiger partial charge in [0.05, 0.1) is 7.11 Å². The molecule has 4 N–H and O–H groups in total. The van der Waals surface area contributed by atoms with E-state index in [2.05, 4.69) is 21.3 Å². The first-order valence-corrected chi connectivity index (χ1v) is 14.4. The van der Waals surface area contributed by atoms with Gasteiger partial charge in [0, 0.05) is 36.6 Å². The van der Waals surface area contributed by atoms with Crippen molar-refractivity contribution in [3.63, 3.8) is 0 Å². The van der Waals surface area contributed by atoms with Crippen LogP contribution in [0, 0.1) is 5.92 Å². The van der Waals surface area contributed by atoms with Gasteiger partial charge in [0.2, 0.25) is 17.7 Å². The van der Waals surface area contributed by atoms with Crippen LogP contribution >= 0.6 is 0 Å². The van der Waals surface area contributed by atoms with Gasteiger partial charge in [-0.25, -0.2) is 4.79 Å². The normalized spacial score (nSPS) is 14.4. The number of rotatable bonds is 14. The Morgan fingerprint density at radius 1 is 0.949 bits per heavy atom. The van der Waals surface area contributed by atoms with Gasteiger partial charge >= 0.3 is 6.09 Å². The van der Waals surface area contributed by atoms with Crippen molar-refractivity contribution >= 4 is 34.6 Å². The van der Waals surface area contributed by atoms with Crippen LogP contribution in [-0.2, 0) is 36.3 Å². The van der Waals surface area contributed by atoms with Gasteiger partial charge in [-0.2, -0.15) is 0 Å². The molecule has 0 aliphatic heterocycles. The number of amides is 4. The molecule has 0 saturated heterocycles. The van der Waals surface area contributed by atoms with Crippen molar-refractivity contribution in [2.24, 2.45) is 5.92 Å². The average Bonchev–Trinajstić information content (AvgIpc) is 2.86. The second-order valence-corrected chi connectivity index (χ2v) is 12.4. The summed E-state index contributed by atoms with van der Waals surface area (Å²) >= 11 is 0. The van der Waals surface area contributed by atoms with E-state index in [-0.39, 0.29) is 37.0 Å². The first kappa shape index (κ1) is 33.9. The highest BCUT2D eigenvalue weighted by Crippen LogP contribution is 2.14. The second-order valence-electron chi connectivity index (χ2n) is 10.5. The van der Waals surface area contributed by atoms with E-state index in [9.17, 15) is 23.4 Å². The quantitative estimate of drug-likeness (QED) is 0.266. The van der Waals surface area contributed by atoms with E-state index in [1.54, 1.807) is 59.1 Å². The number of benzene rings is 1. The summed E-state index contributed by atoms with van der Waals surface area (Å²) in [6.07, 6.45) is -0.234. The van der Waals surface area contributed by atoms with E-state index in [4.69, 9.17) is 9.47 Å². The van der Waals surface area contributed by atoms with Crippen molar-refractivity contribution < 1.29 is 32.9 Å². The van der Waals surface area contributed by atoms with Crippen molar-refractivity contribution in [2.75, 3.05) is 26.5 Å². The minimum Gasteiger partial charge on any atom is -0.497 e. The van der Waals surface area contributed by atoms with Crippen molar-refractivity contribution in [2.45, 2.75) is 77.3 Å². The van der Waals surface area contributed by atoms with Crippen molar-refractivity contribution in [3.8, 4) is 5.75 Å². The van der Waals surface area contributed by atoms with Gasteiger partial charge in [-0.15, -0.1) is 0 Å². The summed E-state index contributed by atoms with van der Waals surface area (Å²) in [4.78, 5) is 51.2. The molecule has 1 aromatic carbocycles. The van der Waals surface area contributed by atoms with E-state index in [0.717, 1.165) is 5.56 Å². The van der Waals surface area contributed by atoms with Crippen LogP contribution in [0.4, 0.5) is 4.79 Å². The fraction of sp³-hybridized carbons (Fsp3) is 0.630. The van der Waals surface area contributed by atoms with Crippen LogP contribution in [0.5, 0.6) is 5.75 Å². The first-order chi connectivity index (χ1) is 18.2. The maximum atomic E-state index is 13.3. The SMILES string of the molecule is CCS(=O)C(CNC(=O)OC(C)(C)C)C(=O)N[C@@H](CC(C)C)C(=O)N[C@@H](Cc1ccc(OC)cc1)C(=O)NC. The smallest absolute Gasteiger partial charge is 0.407 e. The van der Waals surface area contributed by atoms with E-state index in [1.807, 2.05) is 13.8 Å². The molecule has 12 heteroatoms. The fourth-order valence-corrected chi connectivity index (χ4v) is 4.60. The first-order valence-electron chi connectivity index (χ1n) is 13.0. The highest BCUT2D eigenvalue weighted by Gasteiger charge is 2.32. The van der Waals surface area contributed by atoms with E-state index < -0.39 is 51.6 Å². The lowest BCUT2D eigenvalue weighted by molar-refractivity contribution is -0.132. The summed E-state index contributed by atoms with van der Waals surface area (Å²) < 4.78 is 23.0. The molecule has 0 saturated carbocycles. The highest BCUT2D eigenvalue weighted by atomic mass is 32.2. The molecule has 1 aromatic rings. The number of hydrogen-bond donors (Lipinski definition) is 4. The predicted molar refractivity (Wildman–Crippen MR) is 151 cm³/mol. The molecule has 11 nitrogen and oxygen atoms in total. The molecule has 0 aromatic heterocycles. The zero-order valence-corrected chi connectivity index (χ0v) is 25.0. The Labute approximate surface area is 234 Å². The third-order valence-corrected chi connectivity index (χ3v) is 7.13. The number of alkyl carbamates (subject to hydrolysis) is 1. The van der Waals surface area contributed by atoms with Crippen LogP contribution in [0.3, 0.4) is 0 Å². The van der Waals surface area contributed by atoms with Crippen molar-refractivity contribution in [1.82, 2.24) is 21.3 Å². The molecule has 220 valence electrons. The molecule has 2 unspecified atom stereocenters. The number of likely N-dealkylation sites (N-methyl/N-ethyl adjacent to an activating group) is 1. The lowest BCUT2D eigenvalue weighted by Gasteiger charge is -2.26. The molecule has 0 radical (unpaired) electrons. The zero-order chi connectivity index (χ0) is 29.8. The topological polar surface area (TPSA) is 152 Å². The Morgan fingerprint density at radius 3 is 2.03 bits per heavy atom. The third-order valence-electron chi connectivity index (χ3n) is 5.54. The minimum atomic E-state index is -1.61. The maximum absolute atomic E-state index is 13.3. The third kappa shape index (κ3) is 12.5. The molecule has 39 heavy (non-hydrogen) atoms. The summed E-state index contributed by atoms with van der Waals surface area (Å²) in [5.41, 5.74) is 0.0695. The van der Waals surface area contributed by atoms with Crippen LogP contribution in [0.1, 0.15) is 53.5 Å². The molecule has 0 spiro atoms. The summed E-state index contributed by atoms with van der Waals surface area (Å²) in [6.45, 7) is 10.3. The summed E-state index contributed by atoms with van der Waals surface area (Å²) in [7, 11) is 1.42. The van der Waals surface area contributed by atoms with Crippen LogP contribution in [-0.4, -0.2) is 77.4 Å². The monoisotopic (exact) mass is 568 g/mol. The average molecular weight is 569 g/mol. The Bertz CT molecular complexity index is 993. The number of hydrogen-bond acceptors (Lipinski definition) is 7. The minimum absolute atomic E-state index is 0.0242. The van der Waals surface area contributed by atoms with Crippen LogP contribution in [0.2, 0.25) is 0 Å². The molecule has 0 aliphatic rings. The molecule has 0 fully saturated rings. The van der Waals surface area contributed by atoms with Gasteiger partial charge in [0.1, 0.15) is 28.7 Å². The lowest BCUT2D eigenvalue weighted by atomic mass is 10.0. The molecule has 0 aliphatic carbocycles. The fourth-order valence-electron chi connectivity index (χ4n) is 3.62. The molecular weight excluding hydrogens is 524 g/mol. The maximum Gasteiger partial charge on any atom is 0.407 e. The van der Waals surface area contributed by atoms with Crippen LogP contribution in [0.25, 0.3) is 0 Å². The summed E-state index contributed by atoms with van der Waals surface area (Å²) in [5.74, 6) is -0.704. The van der Waals surface area contributed by atoms with Crippen LogP contribution < -0.4 is 26.0 Å². The zero-order valence-electron chi connectivity index (χ0n) is 24.2. The standard InChI is InChI=1S/C27H44N4O7S/c1-9-39(36)22(16-29-26(35)38-27(4,5)6)25(34)31-20(14-17(2)3)24(33)30-21(23(32)28-7)15-18-10-12-19(37-8)13-11-18/h10-13,17,20-22H,9,14-16H2,1-8H3,(H,28,32)(H,29,35)(H,30,33)(H,31,34)/t20-,21-,22?,39?/m0/s1. The Morgan fingerprint density at radius 2 is 1.54 bits per heavy atom. The van der Waals surface area contributed by atoms with Gasteiger partial charge in [0.15, 0.2) is 0 Å². The summed E-state index contributed by atoms with van der Waals surface area (Å²) in [6, 6.07) is 5.25. The lowest BCUT2D eigenvalue weighted by Crippen LogP contribution is -2.57. The number of ether oxygens (including phenoxy) is 2. The Hall–Kier alpha value is -3.15. The van der Waals surface area contributed by atoms with Crippen molar-refractivity contribution in [1.29, 1.82) is 0 Å². The summed E-state index contributed by atoms with van der Waals surface area (Å²) in [5, 5.41) is 9.40. The van der Waals surface area contributed by atoms with Gasteiger partial charge in [-0.3, -0.25) is 18.6 Å². The number of carbonyl (C=O) groups excluding carboxylic acids is 4. The van der Waals surface area contributed by atoms with Crippen LogP contribution in [0.15, 0.2) is 24.3 Å². The Kier molecular flexibility index (Phi) is 14.0. The molecule has 0 heterocycles. The van der Waals surface area contributed by atoms with E-state index >= 15 is 0 Å². The molecular formula is C27H44N4O7S. The second kappa shape index (κ2) is 16.1. The van der Waals surface area contributed by atoms with Gasteiger partial charge in [-0.1, -0.05) is 32.9 Å². The molecule has 0 bridgehead atoms. The van der Waals surface area contributed by atoms with Gasteiger partial charge in [-0.05, 0) is 50.8 Å². The predicted octanol–water partition coefficient (Wildman–Crippen LogP) is 1.66. The number of methoxy groups -OCH3 is 1. The van der Waals surface area contributed by atoms with E-state index in [0.29, 0.717) is 5.75 Å². The van der Waals surface area contributed by atoms with Gasteiger partial charge < -0.3 is 30.7 Å². The number of carbonyl (C=O) groups is 4. The molecule has 4 atom stereocenters. The van der Waals surface area contributed by atoms with E-state index in [1.165, 1.54) is 7.05 Å². The van der Waals surface area contributed by atoms with Gasteiger partial charge in [0.25, 0.3) is 0 Å². The Balaban J connectivity index is 3.04. The number of nitrogens with one attached hydrogen (secondary N) is 4. The van der Waals surface area contributed by atoms with Crippen molar-refractivity contribution in [3.05, 3.63) is 29.8 Å². The largest absolute Gasteiger partial charge is 0.497 e. The highest BCUT2D eigenvalue weighted by molar-refractivity contribution is 7.86.